The summed E-state index contributed by atoms with van der Waals surface area (Å²) in [5.41, 5.74) is 2.50. The Labute approximate surface area is 124 Å². The van der Waals surface area contributed by atoms with Crippen molar-refractivity contribution in [2.75, 3.05) is 0 Å². The lowest BCUT2D eigenvalue weighted by atomic mass is 9.87. The highest BCUT2D eigenvalue weighted by atomic mass is 16.4. The largest absolute Gasteiger partial charge is 0.481 e. The first-order chi connectivity index (χ1) is 10.2. The summed E-state index contributed by atoms with van der Waals surface area (Å²) in [6.45, 7) is 0. The third-order valence-corrected chi connectivity index (χ3v) is 4.86. The maximum absolute atomic E-state index is 12.5. The van der Waals surface area contributed by atoms with Crippen molar-refractivity contribution < 1.29 is 14.7 Å². The summed E-state index contributed by atoms with van der Waals surface area (Å²) in [4.78, 5) is 23.7. The van der Waals surface area contributed by atoms with Gasteiger partial charge >= 0.3 is 5.97 Å². The van der Waals surface area contributed by atoms with Gasteiger partial charge in [0.1, 0.15) is 0 Å². The molecule has 21 heavy (non-hydrogen) atoms. The van der Waals surface area contributed by atoms with Gasteiger partial charge < -0.3 is 10.4 Å². The Kier molecular flexibility index (Phi) is 3.95. The smallest absolute Gasteiger partial charge is 0.307 e. The highest BCUT2D eigenvalue weighted by Gasteiger charge is 2.38. The van der Waals surface area contributed by atoms with Crippen LogP contribution in [0.2, 0.25) is 0 Å². The molecule has 1 fully saturated rings. The molecule has 0 heterocycles. The molecule has 0 saturated heterocycles. The van der Waals surface area contributed by atoms with Gasteiger partial charge in [0, 0.05) is 0 Å². The van der Waals surface area contributed by atoms with Crippen LogP contribution in [0, 0.1) is 11.8 Å². The van der Waals surface area contributed by atoms with E-state index in [1.54, 1.807) is 0 Å². The van der Waals surface area contributed by atoms with Crippen LogP contribution in [0.4, 0.5) is 0 Å². The van der Waals surface area contributed by atoms with Crippen LogP contribution in [0.1, 0.15) is 49.3 Å². The monoisotopic (exact) mass is 287 g/mol. The van der Waals surface area contributed by atoms with Crippen molar-refractivity contribution in [3.05, 3.63) is 35.4 Å². The van der Waals surface area contributed by atoms with Crippen LogP contribution in [0.5, 0.6) is 0 Å². The molecule has 0 aromatic heterocycles. The summed E-state index contributed by atoms with van der Waals surface area (Å²) in [5, 5.41) is 12.3. The van der Waals surface area contributed by atoms with Gasteiger partial charge in [-0.3, -0.25) is 9.59 Å². The lowest BCUT2D eigenvalue weighted by Gasteiger charge is -2.28. The molecule has 1 aromatic carbocycles. The molecule has 4 heteroatoms. The minimum absolute atomic E-state index is 0.0393. The maximum Gasteiger partial charge on any atom is 0.307 e. The van der Waals surface area contributed by atoms with Gasteiger partial charge in [-0.05, 0) is 43.2 Å². The van der Waals surface area contributed by atoms with Gasteiger partial charge in [-0.25, -0.2) is 0 Å². The molecule has 1 amide bonds. The molecule has 112 valence electrons. The molecule has 3 atom stereocenters. The van der Waals surface area contributed by atoms with Crippen molar-refractivity contribution in [3.8, 4) is 0 Å². The zero-order chi connectivity index (χ0) is 14.8. The lowest BCUT2D eigenvalue weighted by Crippen LogP contribution is -2.38. The number of carbonyl (C=O) groups excluding carboxylic acids is 1. The van der Waals surface area contributed by atoms with E-state index in [4.69, 9.17) is 0 Å². The molecular formula is C17H21NO3. The number of hydrogen-bond donors (Lipinski definition) is 2. The summed E-state index contributed by atoms with van der Waals surface area (Å²) >= 11 is 0. The molecule has 2 aliphatic carbocycles. The predicted molar refractivity (Wildman–Crippen MR) is 78.7 cm³/mol. The van der Waals surface area contributed by atoms with Crippen molar-refractivity contribution in [1.29, 1.82) is 0 Å². The van der Waals surface area contributed by atoms with Crippen molar-refractivity contribution in [2.45, 2.75) is 44.6 Å². The predicted octanol–water partition coefficient (Wildman–Crippen LogP) is 2.68. The quantitative estimate of drug-likeness (QED) is 0.898. The number of nitrogens with one attached hydrogen (secondary N) is 1. The fourth-order valence-corrected chi connectivity index (χ4v) is 3.75. The van der Waals surface area contributed by atoms with E-state index in [0.717, 1.165) is 25.7 Å². The van der Waals surface area contributed by atoms with Crippen LogP contribution >= 0.6 is 0 Å². The van der Waals surface area contributed by atoms with Crippen LogP contribution in [0.3, 0.4) is 0 Å². The lowest BCUT2D eigenvalue weighted by molar-refractivity contribution is -0.146. The topological polar surface area (TPSA) is 66.4 Å². The van der Waals surface area contributed by atoms with E-state index in [1.807, 2.05) is 12.1 Å². The zero-order valence-electron chi connectivity index (χ0n) is 12.0. The first kappa shape index (κ1) is 14.1. The van der Waals surface area contributed by atoms with Crippen LogP contribution in [-0.4, -0.2) is 17.0 Å². The maximum atomic E-state index is 12.5. The van der Waals surface area contributed by atoms with Gasteiger partial charge in [-0.2, -0.15) is 0 Å². The second-order valence-electron chi connectivity index (χ2n) is 6.13. The number of aryl methyl sites for hydroxylation is 1. The first-order valence-electron chi connectivity index (χ1n) is 7.78. The van der Waals surface area contributed by atoms with E-state index in [2.05, 4.69) is 17.4 Å². The van der Waals surface area contributed by atoms with Gasteiger partial charge in [-0.1, -0.05) is 30.7 Å². The Balaban J connectivity index is 1.73. The Hall–Kier alpha value is -1.84. The molecule has 2 unspecified atom stereocenters. The van der Waals surface area contributed by atoms with Crippen LogP contribution in [0.15, 0.2) is 24.3 Å². The molecule has 2 N–H and O–H groups in total. The molecule has 0 aliphatic heterocycles. The zero-order valence-corrected chi connectivity index (χ0v) is 12.0. The van der Waals surface area contributed by atoms with Crippen LogP contribution in [-0.2, 0) is 16.0 Å². The normalized spacial score (nSPS) is 27.9. The van der Waals surface area contributed by atoms with E-state index in [1.165, 1.54) is 11.1 Å². The molecular weight excluding hydrogens is 266 g/mol. The number of carboxylic acids is 1. The van der Waals surface area contributed by atoms with Crippen LogP contribution < -0.4 is 5.32 Å². The number of rotatable bonds is 3. The Morgan fingerprint density at radius 2 is 1.81 bits per heavy atom. The number of fused-ring (bicyclic) bond motifs is 1. The summed E-state index contributed by atoms with van der Waals surface area (Å²) in [6, 6.07) is 8.25. The van der Waals surface area contributed by atoms with Gasteiger partial charge in [0.25, 0.3) is 0 Å². The van der Waals surface area contributed by atoms with E-state index in [9.17, 15) is 14.7 Å². The molecule has 1 aromatic rings. The summed E-state index contributed by atoms with van der Waals surface area (Å²) in [7, 11) is 0. The molecule has 1 saturated carbocycles. The fourth-order valence-electron chi connectivity index (χ4n) is 3.75. The Morgan fingerprint density at radius 1 is 1.05 bits per heavy atom. The van der Waals surface area contributed by atoms with E-state index in [-0.39, 0.29) is 17.9 Å². The summed E-state index contributed by atoms with van der Waals surface area (Å²) in [6.07, 6.45) is 5.20. The van der Waals surface area contributed by atoms with E-state index >= 15 is 0 Å². The molecule has 3 rings (SSSR count). The standard InChI is InChI=1S/C17H21NO3/c19-16(13-8-4-9-14(13)17(20)21)18-15-10-3-6-11-5-1-2-7-12(11)15/h1-2,5,7,13-15H,3-4,6,8-10H2,(H,18,19)(H,20,21)/t13?,14-,15?/m1/s1. The third-order valence-electron chi connectivity index (χ3n) is 4.86. The van der Waals surface area contributed by atoms with Crippen molar-refractivity contribution in [3.63, 3.8) is 0 Å². The minimum atomic E-state index is -0.836. The minimum Gasteiger partial charge on any atom is -0.481 e. The van der Waals surface area contributed by atoms with Crippen molar-refractivity contribution in [2.24, 2.45) is 11.8 Å². The van der Waals surface area contributed by atoms with E-state index in [0.29, 0.717) is 12.8 Å². The average Bonchev–Trinajstić information content (AvgIpc) is 2.97. The number of benzene rings is 1. The van der Waals surface area contributed by atoms with Gasteiger partial charge in [0.05, 0.1) is 17.9 Å². The second kappa shape index (κ2) is 5.88. The van der Waals surface area contributed by atoms with Crippen molar-refractivity contribution in [1.82, 2.24) is 5.32 Å². The highest BCUT2D eigenvalue weighted by Crippen LogP contribution is 2.34. The molecule has 0 bridgehead atoms. The highest BCUT2D eigenvalue weighted by molar-refractivity contribution is 5.85. The van der Waals surface area contributed by atoms with Crippen molar-refractivity contribution >= 4 is 11.9 Å². The fraction of sp³-hybridized carbons (Fsp3) is 0.529. The van der Waals surface area contributed by atoms with Crippen LogP contribution in [0.25, 0.3) is 0 Å². The van der Waals surface area contributed by atoms with E-state index < -0.39 is 11.9 Å². The number of carboxylic acid groups (broad SMARTS) is 1. The third kappa shape index (κ3) is 2.80. The molecule has 0 spiro atoms. The average molecular weight is 287 g/mol. The molecule has 4 nitrogen and oxygen atoms in total. The van der Waals surface area contributed by atoms with Gasteiger partial charge in [0.15, 0.2) is 0 Å². The second-order valence-corrected chi connectivity index (χ2v) is 6.13. The summed E-state index contributed by atoms with van der Waals surface area (Å²) in [5.74, 6) is -1.79. The molecule has 2 aliphatic rings. The first-order valence-corrected chi connectivity index (χ1v) is 7.78. The Bertz CT molecular complexity index is 555. The summed E-state index contributed by atoms with van der Waals surface area (Å²) < 4.78 is 0. The number of amides is 1. The number of aliphatic carboxylic acids is 1. The van der Waals surface area contributed by atoms with Gasteiger partial charge in [0.2, 0.25) is 5.91 Å². The number of hydrogen-bond acceptors (Lipinski definition) is 2. The SMILES string of the molecule is O=C(NC1CCCc2ccccc21)C1CCC[C@H]1C(=O)O. The Morgan fingerprint density at radius 3 is 2.62 bits per heavy atom. The molecule has 0 radical (unpaired) electrons. The van der Waals surface area contributed by atoms with Gasteiger partial charge in [-0.15, -0.1) is 0 Å². The number of carbonyl (C=O) groups is 2.